The summed E-state index contributed by atoms with van der Waals surface area (Å²) in [6.45, 7) is 4.88. The first-order valence-corrected chi connectivity index (χ1v) is 5.81. The Morgan fingerprint density at radius 2 is 2.12 bits per heavy atom. The van der Waals surface area contributed by atoms with E-state index in [0.717, 1.165) is 30.0 Å². The van der Waals surface area contributed by atoms with E-state index in [2.05, 4.69) is 11.9 Å². The molecule has 3 heteroatoms. The van der Waals surface area contributed by atoms with Crippen molar-refractivity contribution in [1.82, 2.24) is 4.98 Å². The number of nitrogens with two attached hydrogens (primary N) is 1. The van der Waals surface area contributed by atoms with E-state index >= 15 is 0 Å². The lowest BCUT2D eigenvalue weighted by molar-refractivity contribution is 0.405. The Morgan fingerprint density at radius 1 is 1.44 bits per heavy atom. The highest BCUT2D eigenvalue weighted by Crippen LogP contribution is 2.47. The van der Waals surface area contributed by atoms with Crippen LogP contribution in [-0.2, 0) is 6.42 Å². The predicted octanol–water partition coefficient (Wildman–Crippen LogP) is 1.99. The zero-order valence-electron chi connectivity index (χ0n) is 10.3. The van der Waals surface area contributed by atoms with Gasteiger partial charge in [-0.2, -0.15) is 0 Å². The molecule has 1 aromatic rings. The molecule has 0 unspecified atom stereocenters. The maximum Gasteiger partial charge on any atom is 0.128 e. The van der Waals surface area contributed by atoms with Crippen molar-refractivity contribution in [2.75, 3.05) is 13.7 Å². The lowest BCUT2D eigenvalue weighted by Gasteiger charge is -2.16. The van der Waals surface area contributed by atoms with Crippen LogP contribution in [0.25, 0.3) is 0 Å². The van der Waals surface area contributed by atoms with Crippen LogP contribution in [0.5, 0.6) is 5.75 Å². The summed E-state index contributed by atoms with van der Waals surface area (Å²) in [5.41, 5.74) is 9.55. The molecule has 1 fully saturated rings. The van der Waals surface area contributed by atoms with Crippen LogP contribution in [0.2, 0.25) is 0 Å². The van der Waals surface area contributed by atoms with Crippen molar-refractivity contribution in [3.63, 3.8) is 0 Å². The monoisotopic (exact) mass is 220 g/mol. The first-order valence-electron chi connectivity index (χ1n) is 5.81. The molecule has 0 spiro atoms. The molecule has 0 amide bonds. The average molecular weight is 220 g/mol. The number of hydrogen-bond donors (Lipinski definition) is 1. The van der Waals surface area contributed by atoms with Gasteiger partial charge in [-0.15, -0.1) is 0 Å². The second kappa shape index (κ2) is 4.06. The molecule has 1 heterocycles. The van der Waals surface area contributed by atoms with Gasteiger partial charge in [-0.25, -0.2) is 0 Å². The molecule has 2 N–H and O–H groups in total. The van der Waals surface area contributed by atoms with Crippen LogP contribution in [0.15, 0.2) is 6.20 Å². The number of ether oxygens (including phenoxy) is 1. The molecule has 0 aliphatic heterocycles. The number of rotatable bonds is 4. The molecule has 16 heavy (non-hydrogen) atoms. The van der Waals surface area contributed by atoms with E-state index in [1.807, 2.05) is 13.1 Å². The van der Waals surface area contributed by atoms with Gasteiger partial charge in [-0.3, -0.25) is 4.98 Å². The number of aryl methyl sites for hydroxylation is 1. The summed E-state index contributed by atoms with van der Waals surface area (Å²) in [5.74, 6) is 0.970. The van der Waals surface area contributed by atoms with Crippen molar-refractivity contribution in [3.05, 3.63) is 23.0 Å². The number of methoxy groups -OCH3 is 1. The highest BCUT2D eigenvalue weighted by atomic mass is 16.5. The van der Waals surface area contributed by atoms with E-state index < -0.39 is 0 Å². The fraction of sp³-hybridized carbons (Fsp3) is 0.615. The van der Waals surface area contributed by atoms with Gasteiger partial charge in [-0.1, -0.05) is 0 Å². The van der Waals surface area contributed by atoms with Crippen LogP contribution >= 0.6 is 0 Å². The van der Waals surface area contributed by atoms with Gasteiger partial charge < -0.3 is 10.5 Å². The number of aromatic nitrogens is 1. The summed E-state index contributed by atoms with van der Waals surface area (Å²) in [6, 6.07) is 0. The Labute approximate surface area is 97.0 Å². The van der Waals surface area contributed by atoms with Gasteiger partial charge in [0, 0.05) is 23.0 Å². The van der Waals surface area contributed by atoms with Gasteiger partial charge in [-0.05, 0) is 45.1 Å². The molecule has 1 saturated carbocycles. The summed E-state index contributed by atoms with van der Waals surface area (Å²) >= 11 is 0. The van der Waals surface area contributed by atoms with Crippen LogP contribution in [0.3, 0.4) is 0 Å². The van der Waals surface area contributed by atoms with Crippen molar-refractivity contribution in [3.8, 4) is 5.75 Å². The Bertz CT molecular complexity index is 397. The molecule has 3 nitrogen and oxygen atoms in total. The Balaban J connectivity index is 2.28. The van der Waals surface area contributed by atoms with Crippen molar-refractivity contribution in [2.45, 2.75) is 33.1 Å². The summed E-state index contributed by atoms with van der Waals surface area (Å²) in [5, 5.41) is 0. The third-order valence-corrected chi connectivity index (χ3v) is 3.68. The first kappa shape index (κ1) is 11.4. The smallest absolute Gasteiger partial charge is 0.128 e. The van der Waals surface area contributed by atoms with Gasteiger partial charge in [0.25, 0.3) is 0 Å². The molecule has 0 aromatic carbocycles. The predicted molar refractivity (Wildman–Crippen MR) is 64.7 cm³/mol. The lowest BCUT2D eigenvalue weighted by Crippen LogP contribution is -2.19. The first-order chi connectivity index (χ1) is 7.62. The van der Waals surface area contributed by atoms with E-state index in [9.17, 15) is 0 Å². The average Bonchev–Trinajstić information content (AvgIpc) is 3.04. The quantitative estimate of drug-likeness (QED) is 0.844. The normalized spacial score (nSPS) is 17.2. The molecule has 88 valence electrons. The summed E-state index contributed by atoms with van der Waals surface area (Å²) in [6.07, 6.45) is 5.36. The zero-order valence-corrected chi connectivity index (χ0v) is 10.3. The highest BCUT2D eigenvalue weighted by molar-refractivity contribution is 5.41. The SMILES string of the molecule is COc1c(C)cnc(CC2(CN)CC2)c1C. The van der Waals surface area contributed by atoms with Gasteiger partial charge in [0.05, 0.1) is 7.11 Å². The van der Waals surface area contributed by atoms with Gasteiger partial charge in [0.15, 0.2) is 0 Å². The molecule has 0 saturated heterocycles. The van der Waals surface area contributed by atoms with E-state index in [0.29, 0.717) is 5.41 Å². The summed E-state index contributed by atoms with van der Waals surface area (Å²) in [7, 11) is 1.72. The Hall–Kier alpha value is -1.09. The van der Waals surface area contributed by atoms with Crippen molar-refractivity contribution >= 4 is 0 Å². The summed E-state index contributed by atoms with van der Waals surface area (Å²) in [4.78, 5) is 4.52. The van der Waals surface area contributed by atoms with E-state index in [-0.39, 0.29) is 0 Å². The maximum absolute atomic E-state index is 5.81. The van der Waals surface area contributed by atoms with E-state index in [1.54, 1.807) is 7.11 Å². The Morgan fingerprint density at radius 3 is 2.62 bits per heavy atom. The standard InChI is InChI=1S/C13H20N2O/c1-9-7-15-11(10(2)12(9)16-3)6-13(8-14)4-5-13/h7H,4-6,8,14H2,1-3H3. The molecular weight excluding hydrogens is 200 g/mol. The van der Waals surface area contributed by atoms with Crippen LogP contribution in [-0.4, -0.2) is 18.6 Å². The minimum absolute atomic E-state index is 0.331. The lowest BCUT2D eigenvalue weighted by atomic mass is 9.97. The van der Waals surface area contributed by atoms with Gasteiger partial charge in [0.1, 0.15) is 5.75 Å². The third-order valence-electron chi connectivity index (χ3n) is 3.68. The molecule has 1 aliphatic carbocycles. The number of nitrogens with zero attached hydrogens (tertiary/aromatic N) is 1. The maximum atomic E-state index is 5.81. The molecular formula is C13H20N2O. The molecule has 1 aliphatic rings. The van der Waals surface area contributed by atoms with E-state index in [1.165, 1.54) is 18.4 Å². The van der Waals surface area contributed by atoms with Crippen molar-refractivity contribution in [2.24, 2.45) is 11.1 Å². The topological polar surface area (TPSA) is 48.1 Å². The summed E-state index contributed by atoms with van der Waals surface area (Å²) < 4.78 is 5.41. The zero-order chi connectivity index (χ0) is 11.8. The molecule has 0 atom stereocenters. The number of hydrogen-bond acceptors (Lipinski definition) is 3. The van der Waals surface area contributed by atoms with Gasteiger partial charge >= 0.3 is 0 Å². The third kappa shape index (κ3) is 1.92. The largest absolute Gasteiger partial charge is 0.496 e. The highest BCUT2D eigenvalue weighted by Gasteiger charge is 2.41. The minimum atomic E-state index is 0.331. The fourth-order valence-electron chi connectivity index (χ4n) is 2.23. The van der Waals surface area contributed by atoms with Crippen LogP contribution in [0.4, 0.5) is 0 Å². The van der Waals surface area contributed by atoms with Gasteiger partial charge in [0.2, 0.25) is 0 Å². The van der Waals surface area contributed by atoms with Crippen LogP contribution < -0.4 is 10.5 Å². The molecule has 1 aromatic heterocycles. The number of pyridine rings is 1. The second-order valence-electron chi connectivity index (χ2n) is 4.93. The van der Waals surface area contributed by atoms with Crippen LogP contribution in [0, 0.1) is 19.3 Å². The molecule has 2 rings (SSSR count). The fourth-order valence-corrected chi connectivity index (χ4v) is 2.23. The minimum Gasteiger partial charge on any atom is -0.496 e. The molecule has 0 bridgehead atoms. The molecule has 0 radical (unpaired) electrons. The van der Waals surface area contributed by atoms with Crippen LogP contribution in [0.1, 0.15) is 29.7 Å². The van der Waals surface area contributed by atoms with Crippen molar-refractivity contribution in [1.29, 1.82) is 0 Å². The van der Waals surface area contributed by atoms with E-state index in [4.69, 9.17) is 10.5 Å². The Kier molecular flexibility index (Phi) is 2.89. The van der Waals surface area contributed by atoms with Crippen molar-refractivity contribution < 1.29 is 4.74 Å². The second-order valence-corrected chi connectivity index (χ2v) is 4.93.